The van der Waals surface area contributed by atoms with Crippen molar-refractivity contribution in [2.45, 2.75) is 20.3 Å². The number of pyridine rings is 1. The van der Waals surface area contributed by atoms with Crippen LogP contribution in [0.3, 0.4) is 0 Å². The minimum atomic E-state index is -0.364. The molecule has 0 atom stereocenters. The highest BCUT2D eigenvalue weighted by atomic mass is 16.2. The fraction of sp³-hybridized carbons (Fsp3) is 0.176. The van der Waals surface area contributed by atoms with E-state index in [1.54, 1.807) is 25.3 Å². The Balaban J connectivity index is 1.85. The van der Waals surface area contributed by atoms with Gasteiger partial charge < -0.3 is 5.32 Å². The first-order chi connectivity index (χ1) is 11.0. The Labute approximate surface area is 134 Å². The largest absolute Gasteiger partial charge is 0.326 e. The number of amides is 2. The van der Waals surface area contributed by atoms with Gasteiger partial charge in [0.05, 0.1) is 12.0 Å². The number of hydrazone groups is 1. The molecule has 0 aliphatic rings. The summed E-state index contributed by atoms with van der Waals surface area (Å²) < 4.78 is 0. The molecule has 0 radical (unpaired) electrons. The second kappa shape index (κ2) is 7.84. The predicted octanol–water partition coefficient (Wildman–Crippen LogP) is 2.52. The first-order valence-electron chi connectivity index (χ1n) is 7.14. The third-order valence-electron chi connectivity index (χ3n) is 3.02. The molecule has 1 heterocycles. The van der Waals surface area contributed by atoms with E-state index in [-0.39, 0.29) is 18.2 Å². The summed E-state index contributed by atoms with van der Waals surface area (Å²) in [5.41, 5.74) is 5.17. The summed E-state index contributed by atoms with van der Waals surface area (Å²) in [5, 5.41) is 6.70. The Kier molecular flexibility index (Phi) is 5.57. The van der Waals surface area contributed by atoms with Crippen LogP contribution in [-0.2, 0) is 4.79 Å². The zero-order valence-electron chi connectivity index (χ0n) is 13.0. The van der Waals surface area contributed by atoms with Gasteiger partial charge in [0.25, 0.3) is 5.91 Å². The van der Waals surface area contributed by atoms with Gasteiger partial charge in [-0.2, -0.15) is 5.10 Å². The lowest BCUT2D eigenvalue weighted by Crippen LogP contribution is -2.21. The Morgan fingerprint density at radius 3 is 2.57 bits per heavy atom. The SMILES string of the molecule is C/C(CC(=O)Nc1ccc(C)cc1)=N/NC(=O)c1cccnc1. The summed E-state index contributed by atoms with van der Waals surface area (Å²) in [4.78, 5) is 27.6. The summed E-state index contributed by atoms with van der Waals surface area (Å²) in [5.74, 6) is -0.554. The third-order valence-corrected chi connectivity index (χ3v) is 3.02. The van der Waals surface area contributed by atoms with Gasteiger partial charge in [-0.15, -0.1) is 0 Å². The smallest absolute Gasteiger partial charge is 0.272 e. The van der Waals surface area contributed by atoms with E-state index in [0.717, 1.165) is 11.3 Å². The summed E-state index contributed by atoms with van der Waals surface area (Å²) in [6.07, 6.45) is 3.13. The fourth-order valence-electron chi connectivity index (χ4n) is 1.82. The zero-order chi connectivity index (χ0) is 16.7. The Morgan fingerprint density at radius 1 is 1.17 bits per heavy atom. The lowest BCUT2D eigenvalue weighted by atomic mass is 10.2. The van der Waals surface area contributed by atoms with Crippen LogP contribution < -0.4 is 10.7 Å². The number of carbonyl (C=O) groups excluding carboxylic acids is 2. The van der Waals surface area contributed by atoms with Gasteiger partial charge in [0.2, 0.25) is 5.91 Å². The van der Waals surface area contributed by atoms with Crippen LogP contribution in [0.2, 0.25) is 0 Å². The highest BCUT2D eigenvalue weighted by Crippen LogP contribution is 2.08. The van der Waals surface area contributed by atoms with E-state index in [2.05, 4.69) is 20.8 Å². The number of benzene rings is 1. The van der Waals surface area contributed by atoms with Crippen molar-refractivity contribution in [3.8, 4) is 0 Å². The molecule has 118 valence electrons. The maximum absolute atomic E-state index is 11.9. The fourth-order valence-corrected chi connectivity index (χ4v) is 1.82. The van der Waals surface area contributed by atoms with Crippen LogP contribution >= 0.6 is 0 Å². The van der Waals surface area contributed by atoms with Crippen molar-refractivity contribution in [3.05, 3.63) is 59.9 Å². The summed E-state index contributed by atoms with van der Waals surface area (Å²) in [6, 6.07) is 10.8. The van der Waals surface area contributed by atoms with Crippen LogP contribution in [0.1, 0.15) is 29.3 Å². The lowest BCUT2D eigenvalue weighted by molar-refractivity contribution is -0.115. The maximum atomic E-state index is 11.9. The molecular formula is C17H18N4O2. The number of nitrogens with one attached hydrogen (secondary N) is 2. The topological polar surface area (TPSA) is 83.5 Å². The molecule has 6 heteroatoms. The molecule has 1 aromatic heterocycles. The van der Waals surface area contributed by atoms with Crippen molar-refractivity contribution < 1.29 is 9.59 Å². The summed E-state index contributed by atoms with van der Waals surface area (Å²) >= 11 is 0. The van der Waals surface area contributed by atoms with Crippen LogP contribution in [0.4, 0.5) is 5.69 Å². The number of aromatic nitrogens is 1. The van der Waals surface area contributed by atoms with Gasteiger partial charge in [-0.3, -0.25) is 14.6 Å². The van der Waals surface area contributed by atoms with Crippen molar-refractivity contribution in [2.24, 2.45) is 5.10 Å². The maximum Gasteiger partial charge on any atom is 0.272 e. The first-order valence-corrected chi connectivity index (χ1v) is 7.14. The molecule has 23 heavy (non-hydrogen) atoms. The molecular weight excluding hydrogens is 292 g/mol. The van der Waals surface area contributed by atoms with E-state index in [9.17, 15) is 9.59 Å². The average Bonchev–Trinajstić information content (AvgIpc) is 2.55. The third kappa shape index (κ3) is 5.35. The van der Waals surface area contributed by atoms with Crippen molar-refractivity contribution in [1.29, 1.82) is 0 Å². The molecule has 2 aromatic rings. The van der Waals surface area contributed by atoms with Gasteiger partial charge in [0.15, 0.2) is 0 Å². The number of carbonyl (C=O) groups is 2. The van der Waals surface area contributed by atoms with Crippen LogP contribution in [0.25, 0.3) is 0 Å². The van der Waals surface area contributed by atoms with Gasteiger partial charge >= 0.3 is 0 Å². The molecule has 0 aliphatic heterocycles. The molecule has 0 saturated carbocycles. The van der Waals surface area contributed by atoms with Crippen LogP contribution in [-0.4, -0.2) is 22.5 Å². The number of rotatable bonds is 5. The van der Waals surface area contributed by atoms with Crippen molar-refractivity contribution in [3.63, 3.8) is 0 Å². The quantitative estimate of drug-likeness (QED) is 0.657. The zero-order valence-corrected chi connectivity index (χ0v) is 13.0. The van der Waals surface area contributed by atoms with E-state index in [0.29, 0.717) is 11.3 Å². The normalized spacial score (nSPS) is 11.0. The van der Waals surface area contributed by atoms with Crippen molar-refractivity contribution >= 4 is 23.2 Å². The first kappa shape index (κ1) is 16.4. The second-order valence-corrected chi connectivity index (χ2v) is 5.12. The molecule has 6 nitrogen and oxygen atoms in total. The Morgan fingerprint density at radius 2 is 1.91 bits per heavy atom. The van der Waals surface area contributed by atoms with Crippen molar-refractivity contribution in [1.82, 2.24) is 10.4 Å². The number of anilines is 1. The molecule has 0 fully saturated rings. The molecule has 2 N–H and O–H groups in total. The highest BCUT2D eigenvalue weighted by molar-refractivity contribution is 6.06. The van der Waals surface area contributed by atoms with Crippen molar-refractivity contribution in [2.75, 3.05) is 5.32 Å². The Hall–Kier alpha value is -3.02. The minimum absolute atomic E-state index is 0.0984. The van der Waals surface area contributed by atoms with Crippen LogP contribution in [0, 0.1) is 6.92 Å². The number of hydrogen-bond donors (Lipinski definition) is 2. The van der Waals surface area contributed by atoms with Gasteiger partial charge in [0.1, 0.15) is 0 Å². The average molecular weight is 310 g/mol. The molecule has 0 spiro atoms. The summed E-state index contributed by atoms with van der Waals surface area (Å²) in [7, 11) is 0. The molecule has 0 saturated heterocycles. The molecule has 0 aliphatic carbocycles. The van der Waals surface area contributed by atoms with Gasteiger partial charge in [0, 0.05) is 23.8 Å². The summed E-state index contributed by atoms with van der Waals surface area (Å²) in [6.45, 7) is 3.66. The second-order valence-electron chi connectivity index (χ2n) is 5.12. The number of nitrogens with zero attached hydrogens (tertiary/aromatic N) is 2. The predicted molar refractivity (Wildman–Crippen MR) is 89.2 cm³/mol. The highest BCUT2D eigenvalue weighted by Gasteiger charge is 2.07. The Bertz CT molecular complexity index is 709. The minimum Gasteiger partial charge on any atom is -0.326 e. The molecule has 0 unspecified atom stereocenters. The van der Waals surface area contributed by atoms with E-state index in [1.807, 2.05) is 31.2 Å². The van der Waals surface area contributed by atoms with Gasteiger partial charge in [-0.25, -0.2) is 5.43 Å². The van der Waals surface area contributed by atoms with E-state index < -0.39 is 0 Å². The van der Waals surface area contributed by atoms with Crippen LogP contribution in [0.15, 0.2) is 53.9 Å². The molecule has 2 amide bonds. The lowest BCUT2D eigenvalue weighted by Gasteiger charge is -2.06. The standard InChI is InChI=1S/C17H18N4O2/c1-12-5-7-15(8-6-12)19-16(22)10-13(2)20-21-17(23)14-4-3-9-18-11-14/h3-9,11H,10H2,1-2H3,(H,19,22)(H,21,23)/b20-13-. The van der Waals surface area contributed by atoms with Gasteiger partial charge in [-0.1, -0.05) is 17.7 Å². The number of hydrogen-bond acceptors (Lipinski definition) is 4. The van der Waals surface area contributed by atoms with E-state index in [1.165, 1.54) is 6.20 Å². The molecule has 2 rings (SSSR count). The monoisotopic (exact) mass is 310 g/mol. The van der Waals surface area contributed by atoms with E-state index in [4.69, 9.17) is 0 Å². The number of aryl methyl sites for hydroxylation is 1. The molecule has 0 bridgehead atoms. The van der Waals surface area contributed by atoms with E-state index >= 15 is 0 Å². The van der Waals surface area contributed by atoms with Gasteiger partial charge in [-0.05, 0) is 38.1 Å². The van der Waals surface area contributed by atoms with Crippen LogP contribution in [0.5, 0.6) is 0 Å². The molecule has 1 aromatic carbocycles.